The number of Topliss-reactive ketones (excluding diaryl/α,β-unsaturated/α-hetero) is 1. The number of nitro benzene ring substituents is 1. The predicted octanol–water partition coefficient (Wildman–Crippen LogP) is 2.73. The van der Waals surface area contributed by atoms with Crippen LogP contribution in [0.3, 0.4) is 0 Å². The van der Waals surface area contributed by atoms with Crippen molar-refractivity contribution in [2.24, 2.45) is 0 Å². The molecule has 1 aromatic carbocycles. The van der Waals surface area contributed by atoms with Crippen LogP contribution in [0.5, 0.6) is 5.75 Å². The molecule has 5 heteroatoms. The van der Waals surface area contributed by atoms with Gasteiger partial charge in [0.25, 0.3) is 5.69 Å². The molecular formula is C12H15NO4. The predicted molar refractivity (Wildman–Crippen MR) is 63.9 cm³/mol. The summed E-state index contributed by atoms with van der Waals surface area (Å²) in [5.74, 6) is 0.198. The van der Waals surface area contributed by atoms with E-state index in [1.165, 1.54) is 14.0 Å². The minimum atomic E-state index is -0.455. The van der Waals surface area contributed by atoms with Gasteiger partial charge in [-0.15, -0.1) is 0 Å². The number of carbonyl (C=O) groups excluding carboxylic acids is 1. The molecule has 92 valence electrons. The summed E-state index contributed by atoms with van der Waals surface area (Å²) in [6, 6.07) is 0. The van der Waals surface area contributed by atoms with Crippen molar-refractivity contribution in [2.45, 2.75) is 27.7 Å². The molecular weight excluding hydrogens is 222 g/mol. The van der Waals surface area contributed by atoms with Crippen LogP contribution in [0.25, 0.3) is 0 Å². The van der Waals surface area contributed by atoms with Gasteiger partial charge in [0.2, 0.25) is 0 Å². The van der Waals surface area contributed by atoms with Crippen molar-refractivity contribution in [3.05, 3.63) is 32.4 Å². The van der Waals surface area contributed by atoms with Gasteiger partial charge in [0.05, 0.1) is 17.6 Å². The number of nitro groups is 1. The lowest BCUT2D eigenvalue weighted by Gasteiger charge is -2.15. The average Bonchev–Trinajstić information content (AvgIpc) is 2.21. The first kappa shape index (κ1) is 13.2. The summed E-state index contributed by atoms with van der Waals surface area (Å²) in [5, 5.41) is 11.0. The van der Waals surface area contributed by atoms with Gasteiger partial charge in [-0.05, 0) is 27.7 Å². The Hall–Kier alpha value is -1.91. The Bertz CT molecular complexity index is 506. The summed E-state index contributed by atoms with van der Waals surface area (Å²) in [5.41, 5.74) is 1.82. The maximum atomic E-state index is 11.6. The molecule has 0 radical (unpaired) electrons. The minimum Gasteiger partial charge on any atom is -0.496 e. The Labute approximate surface area is 99.5 Å². The van der Waals surface area contributed by atoms with Crippen LogP contribution in [0, 0.1) is 30.9 Å². The van der Waals surface area contributed by atoms with Crippen molar-refractivity contribution in [3.8, 4) is 5.75 Å². The molecule has 0 unspecified atom stereocenters. The lowest BCUT2D eigenvalue weighted by molar-refractivity contribution is -0.386. The second-order valence-corrected chi connectivity index (χ2v) is 3.95. The highest BCUT2D eigenvalue weighted by molar-refractivity contribution is 6.00. The molecule has 1 rings (SSSR count). The molecule has 0 fully saturated rings. The highest BCUT2D eigenvalue weighted by Crippen LogP contribution is 2.37. The fraction of sp³-hybridized carbons (Fsp3) is 0.417. The number of carbonyl (C=O) groups is 1. The van der Waals surface area contributed by atoms with Gasteiger partial charge in [0.1, 0.15) is 5.75 Å². The smallest absolute Gasteiger partial charge is 0.276 e. The van der Waals surface area contributed by atoms with E-state index in [0.29, 0.717) is 28.0 Å². The number of benzene rings is 1. The van der Waals surface area contributed by atoms with Crippen molar-refractivity contribution in [1.82, 2.24) is 0 Å². The maximum Gasteiger partial charge on any atom is 0.276 e. The second kappa shape index (κ2) is 4.53. The van der Waals surface area contributed by atoms with Gasteiger partial charge in [-0.3, -0.25) is 14.9 Å². The third kappa shape index (κ3) is 2.00. The first-order valence-corrected chi connectivity index (χ1v) is 5.16. The Morgan fingerprint density at radius 2 is 1.71 bits per heavy atom. The van der Waals surface area contributed by atoms with Crippen molar-refractivity contribution in [2.75, 3.05) is 7.11 Å². The molecule has 0 N–H and O–H groups in total. The summed E-state index contributed by atoms with van der Waals surface area (Å²) in [6.07, 6.45) is 0. The number of ketones is 1. The third-order valence-corrected chi connectivity index (χ3v) is 2.95. The first-order chi connectivity index (χ1) is 7.82. The molecule has 17 heavy (non-hydrogen) atoms. The lowest BCUT2D eigenvalue weighted by atomic mass is 9.94. The SMILES string of the molecule is COc1c(C)c(C)c([N+](=O)[O-])c(C)c1C(C)=O. The molecule has 0 atom stereocenters. The Morgan fingerprint density at radius 1 is 1.18 bits per heavy atom. The summed E-state index contributed by atoms with van der Waals surface area (Å²) in [7, 11) is 1.46. The molecule has 0 aliphatic carbocycles. The van der Waals surface area contributed by atoms with E-state index in [2.05, 4.69) is 0 Å². The highest BCUT2D eigenvalue weighted by atomic mass is 16.6. The van der Waals surface area contributed by atoms with Crippen LogP contribution < -0.4 is 4.74 Å². The highest BCUT2D eigenvalue weighted by Gasteiger charge is 2.26. The zero-order valence-electron chi connectivity index (χ0n) is 10.6. The van der Waals surface area contributed by atoms with Gasteiger partial charge in [-0.25, -0.2) is 0 Å². The molecule has 0 heterocycles. The van der Waals surface area contributed by atoms with Gasteiger partial charge in [0, 0.05) is 16.7 Å². The number of rotatable bonds is 3. The van der Waals surface area contributed by atoms with Gasteiger partial charge in [-0.2, -0.15) is 0 Å². The van der Waals surface area contributed by atoms with Crippen LogP contribution >= 0.6 is 0 Å². The number of nitrogens with zero attached hydrogens (tertiary/aromatic N) is 1. The molecule has 0 aromatic heterocycles. The van der Waals surface area contributed by atoms with Crippen molar-refractivity contribution in [1.29, 1.82) is 0 Å². The molecule has 0 spiro atoms. The number of hydrogen-bond donors (Lipinski definition) is 0. The standard InChI is InChI=1S/C12H15NO4/c1-6-7(2)12(17-5)10(9(4)14)8(3)11(6)13(15)16/h1-5H3. The van der Waals surface area contributed by atoms with E-state index in [1.54, 1.807) is 20.8 Å². The largest absolute Gasteiger partial charge is 0.496 e. The molecule has 0 saturated heterocycles. The molecule has 1 aromatic rings. The fourth-order valence-electron chi connectivity index (χ4n) is 2.06. The number of methoxy groups -OCH3 is 1. The quantitative estimate of drug-likeness (QED) is 0.460. The zero-order valence-corrected chi connectivity index (χ0v) is 10.6. The normalized spacial score (nSPS) is 10.2. The molecule has 0 amide bonds. The minimum absolute atomic E-state index is 0.00602. The van der Waals surface area contributed by atoms with Crippen LogP contribution in [0.2, 0.25) is 0 Å². The van der Waals surface area contributed by atoms with E-state index >= 15 is 0 Å². The first-order valence-electron chi connectivity index (χ1n) is 5.16. The van der Waals surface area contributed by atoms with Crippen molar-refractivity contribution in [3.63, 3.8) is 0 Å². The summed E-state index contributed by atoms with van der Waals surface area (Å²) in [4.78, 5) is 22.1. The van der Waals surface area contributed by atoms with Gasteiger partial charge in [0.15, 0.2) is 5.78 Å². The zero-order chi connectivity index (χ0) is 13.3. The summed E-state index contributed by atoms with van der Waals surface area (Å²) >= 11 is 0. The maximum absolute atomic E-state index is 11.6. The van der Waals surface area contributed by atoms with E-state index in [4.69, 9.17) is 4.74 Å². The monoisotopic (exact) mass is 237 g/mol. The van der Waals surface area contributed by atoms with E-state index < -0.39 is 4.92 Å². The Morgan fingerprint density at radius 3 is 2.06 bits per heavy atom. The van der Waals surface area contributed by atoms with E-state index in [-0.39, 0.29) is 11.5 Å². The van der Waals surface area contributed by atoms with Crippen LogP contribution in [0.1, 0.15) is 34.0 Å². The number of hydrogen-bond acceptors (Lipinski definition) is 4. The van der Waals surface area contributed by atoms with Crippen LogP contribution in [-0.2, 0) is 0 Å². The van der Waals surface area contributed by atoms with Crippen molar-refractivity contribution >= 4 is 11.5 Å². The molecule has 5 nitrogen and oxygen atoms in total. The van der Waals surface area contributed by atoms with E-state index in [9.17, 15) is 14.9 Å². The van der Waals surface area contributed by atoms with Crippen LogP contribution in [-0.4, -0.2) is 17.8 Å². The second-order valence-electron chi connectivity index (χ2n) is 3.95. The topological polar surface area (TPSA) is 69.4 Å². The van der Waals surface area contributed by atoms with Gasteiger partial charge >= 0.3 is 0 Å². The van der Waals surface area contributed by atoms with Crippen molar-refractivity contribution < 1.29 is 14.5 Å². The Kier molecular flexibility index (Phi) is 3.50. The van der Waals surface area contributed by atoms with Crippen LogP contribution in [0.4, 0.5) is 5.69 Å². The van der Waals surface area contributed by atoms with E-state index in [0.717, 1.165) is 0 Å². The number of ether oxygens (including phenoxy) is 1. The van der Waals surface area contributed by atoms with E-state index in [1.807, 2.05) is 0 Å². The fourth-order valence-corrected chi connectivity index (χ4v) is 2.06. The van der Waals surface area contributed by atoms with Gasteiger partial charge < -0.3 is 4.74 Å². The summed E-state index contributed by atoms with van der Waals surface area (Å²) < 4.78 is 5.19. The lowest BCUT2D eigenvalue weighted by Crippen LogP contribution is -2.08. The average molecular weight is 237 g/mol. The molecule has 0 saturated carbocycles. The van der Waals surface area contributed by atoms with Gasteiger partial charge in [-0.1, -0.05) is 0 Å². The molecule has 0 aliphatic rings. The summed E-state index contributed by atoms with van der Waals surface area (Å²) in [6.45, 7) is 6.33. The molecule has 0 aliphatic heterocycles. The molecule has 0 bridgehead atoms. The third-order valence-electron chi connectivity index (χ3n) is 2.95. The Balaban J connectivity index is 3.82. The van der Waals surface area contributed by atoms with Crippen LogP contribution in [0.15, 0.2) is 0 Å².